The number of benzene rings is 1. The van der Waals surface area contributed by atoms with E-state index in [4.69, 9.17) is 14.7 Å². The predicted octanol–water partition coefficient (Wildman–Crippen LogP) is 4.52. The van der Waals surface area contributed by atoms with Gasteiger partial charge in [0.25, 0.3) is 5.91 Å². The second-order valence-corrected chi connectivity index (χ2v) is 9.74. The summed E-state index contributed by atoms with van der Waals surface area (Å²) in [5.41, 5.74) is 3.12. The Kier molecular flexibility index (Phi) is 8.36. The number of carbonyl (C=O) groups is 1. The minimum absolute atomic E-state index is 0.00124. The molecule has 192 valence electrons. The molecule has 4 rings (SSSR count). The van der Waals surface area contributed by atoms with Gasteiger partial charge in [0.15, 0.2) is 0 Å². The maximum Gasteiger partial charge on any atom is 0.251 e. The number of pyridine rings is 2. The molecule has 3 aromatic rings. The summed E-state index contributed by atoms with van der Waals surface area (Å²) in [6.07, 6.45) is 4.62. The number of rotatable bonds is 9. The molecule has 0 radical (unpaired) electrons. The number of hydrogen-bond acceptors (Lipinski definition) is 7. The van der Waals surface area contributed by atoms with Crippen LogP contribution in [0.2, 0.25) is 0 Å². The van der Waals surface area contributed by atoms with E-state index in [-0.39, 0.29) is 30.2 Å². The first kappa shape index (κ1) is 26.1. The maximum atomic E-state index is 12.8. The molecule has 2 aromatic heterocycles. The molecule has 1 saturated heterocycles. The third kappa shape index (κ3) is 6.83. The summed E-state index contributed by atoms with van der Waals surface area (Å²) >= 11 is 0. The average Bonchev–Trinajstić information content (AvgIpc) is 3.33. The van der Waals surface area contributed by atoms with Crippen molar-refractivity contribution in [2.24, 2.45) is 0 Å². The van der Waals surface area contributed by atoms with Gasteiger partial charge in [-0.1, -0.05) is 12.1 Å². The van der Waals surface area contributed by atoms with E-state index in [1.807, 2.05) is 64.4 Å². The van der Waals surface area contributed by atoms with Crippen LogP contribution < -0.4 is 14.8 Å². The zero-order valence-electron chi connectivity index (χ0n) is 21.7. The molecule has 37 heavy (non-hydrogen) atoms. The standard InChI is InChI=1S/C29H33N5O3/c1-19(2)36-26-11-9-23(16-31-26)28(24-10-12-27(32-17-24)37-20(3)4)34-14-13-25(18-34)33-29(35)22-7-5-21(15-30)6-8-22/h5-12,16-17,19-20,25,28H,13-14,18H2,1-4H3,(H,33,35). The van der Waals surface area contributed by atoms with Crippen molar-refractivity contribution >= 4 is 5.91 Å². The Morgan fingerprint density at radius 3 is 1.97 bits per heavy atom. The van der Waals surface area contributed by atoms with Crippen LogP contribution in [-0.4, -0.2) is 52.1 Å². The molecule has 0 spiro atoms. The highest BCUT2D eigenvalue weighted by molar-refractivity contribution is 5.94. The fourth-order valence-electron chi connectivity index (χ4n) is 4.45. The monoisotopic (exact) mass is 499 g/mol. The number of nitrogens with zero attached hydrogens (tertiary/aromatic N) is 4. The van der Waals surface area contributed by atoms with Crippen LogP contribution in [0.15, 0.2) is 60.9 Å². The van der Waals surface area contributed by atoms with E-state index in [0.717, 1.165) is 24.1 Å². The largest absolute Gasteiger partial charge is 0.475 e. The van der Waals surface area contributed by atoms with Crippen LogP contribution in [0.4, 0.5) is 0 Å². The van der Waals surface area contributed by atoms with Gasteiger partial charge >= 0.3 is 0 Å². The second-order valence-electron chi connectivity index (χ2n) is 9.74. The minimum Gasteiger partial charge on any atom is -0.475 e. The predicted molar refractivity (Wildman–Crippen MR) is 140 cm³/mol. The first-order valence-corrected chi connectivity index (χ1v) is 12.6. The third-order valence-electron chi connectivity index (χ3n) is 6.06. The van der Waals surface area contributed by atoms with Crippen LogP contribution in [0.1, 0.15) is 67.2 Å². The molecule has 0 bridgehead atoms. The smallest absolute Gasteiger partial charge is 0.251 e. The van der Waals surface area contributed by atoms with Gasteiger partial charge in [-0.2, -0.15) is 5.26 Å². The highest BCUT2D eigenvalue weighted by Gasteiger charge is 2.32. The van der Waals surface area contributed by atoms with E-state index in [0.29, 0.717) is 29.4 Å². The molecule has 8 heteroatoms. The van der Waals surface area contributed by atoms with Crippen LogP contribution >= 0.6 is 0 Å². The molecule has 1 amide bonds. The first-order chi connectivity index (χ1) is 17.8. The molecular weight excluding hydrogens is 466 g/mol. The van der Waals surface area contributed by atoms with Gasteiger partial charge in [-0.25, -0.2) is 9.97 Å². The van der Waals surface area contributed by atoms with Gasteiger partial charge in [0.2, 0.25) is 11.8 Å². The number of amides is 1. The van der Waals surface area contributed by atoms with Crippen LogP contribution in [-0.2, 0) is 0 Å². The van der Waals surface area contributed by atoms with Crippen molar-refractivity contribution in [3.63, 3.8) is 0 Å². The fourth-order valence-corrected chi connectivity index (χ4v) is 4.45. The zero-order valence-corrected chi connectivity index (χ0v) is 21.7. The lowest BCUT2D eigenvalue weighted by Crippen LogP contribution is -2.38. The molecule has 3 heterocycles. The van der Waals surface area contributed by atoms with Crippen LogP contribution in [0.3, 0.4) is 0 Å². The van der Waals surface area contributed by atoms with Crippen LogP contribution in [0, 0.1) is 11.3 Å². The Balaban J connectivity index is 1.52. The number of likely N-dealkylation sites (tertiary alicyclic amines) is 1. The lowest BCUT2D eigenvalue weighted by molar-refractivity contribution is 0.0937. The molecular formula is C29H33N5O3. The second kappa shape index (κ2) is 11.8. The summed E-state index contributed by atoms with van der Waals surface area (Å²) in [4.78, 5) is 24.2. The van der Waals surface area contributed by atoms with E-state index in [9.17, 15) is 4.79 Å². The molecule has 8 nitrogen and oxygen atoms in total. The first-order valence-electron chi connectivity index (χ1n) is 12.6. The summed E-state index contributed by atoms with van der Waals surface area (Å²) in [7, 11) is 0. The van der Waals surface area contributed by atoms with Crippen molar-refractivity contribution in [2.75, 3.05) is 13.1 Å². The van der Waals surface area contributed by atoms with Gasteiger partial charge in [0.05, 0.1) is 29.9 Å². The SMILES string of the molecule is CC(C)Oc1ccc(C(c2ccc(OC(C)C)nc2)N2CCC(NC(=O)c3ccc(C#N)cc3)C2)cn1. The highest BCUT2D eigenvalue weighted by Crippen LogP contribution is 2.32. The molecule has 0 aliphatic carbocycles. The van der Waals surface area contributed by atoms with Crippen molar-refractivity contribution in [1.82, 2.24) is 20.2 Å². The fraction of sp³-hybridized carbons (Fsp3) is 0.379. The van der Waals surface area contributed by atoms with Gasteiger partial charge in [-0.15, -0.1) is 0 Å². The van der Waals surface area contributed by atoms with Gasteiger partial charge in [-0.05, 0) is 69.5 Å². The zero-order chi connectivity index (χ0) is 26.4. The maximum absolute atomic E-state index is 12.8. The van der Waals surface area contributed by atoms with Crippen molar-refractivity contribution in [1.29, 1.82) is 5.26 Å². The van der Waals surface area contributed by atoms with Crippen molar-refractivity contribution in [3.8, 4) is 17.8 Å². The lowest BCUT2D eigenvalue weighted by atomic mass is 10.0. The van der Waals surface area contributed by atoms with E-state index in [2.05, 4.69) is 26.3 Å². The molecule has 1 aliphatic heterocycles. The minimum atomic E-state index is -0.137. The molecule has 1 aliphatic rings. The number of aromatic nitrogens is 2. The van der Waals surface area contributed by atoms with E-state index in [1.165, 1.54) is 0 Å². The van der Waals surface area contributed by atoms with Crippen molar-refractivity contribution < 1.29 is 14.3 Å². The number of ether oxygens (including phenoxy) is 2. The Morgan fingerprint density at radius 2 is 1.51 bits per heavy atom. The molecule has 0 saturated carbocycles. The summed E-state index contributed by atoms with van der Waals surface area (Å²) < 4.78 is 11.5. The molecule has 1 atom stereocenters. The molecule has 1 aromatic carbocycles. The van der Waals surface area contributed by atoms with Crippen molar-refractivity contribution in [3.05, 3.63) is 83.2 Å². The van der Waals surface area contributed by atoms with Gasteiger partial charge in [-0.3, -0.25) is 9.69 Å². The number of carbonyl (C=O) groups excluding carboxylic acids is 1. The summed E-state index contributed by atoms with van der Waals surface area (Å²) in [6.45, 7) is 9.38. The Hall–Kier alpha value is -3.96. The third-order valence-corrected chi connectivity index (χ3v) is 6.06. The summed E-state index contributed by atoms with van der Waals surface area (Å²) in [5, 5.41) is 12.1. The van der Waals surface area contributed by atoms with E-state index >= 15 is 0 Å². The van der Waals surface area contributed by atoms with Gasteiger partial charge < -0.3 is 14.8 Å². The quantitative estimate of drug-likeness (QED) is 0.462. The van der Waals surface area contributed by atoms with E-state index in [1.54, 1.807) is 24.3 Å². The molecule has 1 fully saturated rings. The van der Waals surface area contributed by atoms with Gasteiger partial charge in [0.1, 0.15) is 0 Å². The lowest BCUT2D eigenvalue weighted by Gasteiger charge is -2.29. The van der Waals surface area contributed by atoms with Gasteiger partial charge in [0, 0.05) is 49.2 Å². The van der Waals surface area contributed by atoms with Crippen LogP contribution in [0.5, 0.6) is 11.8 Å². The van der Waals surface area contributed by atoms with Crippen molar-refractivity contribution in [2.45, 2.75) is 58.4 Å². The highest BCUT2D eigenvalue weighted by atomic mass is 16.5. The number of hydrogen-bond donors (Lipinski definition) is 1. The van der Waals surface area contributed by atoms with Crippen LogP contribution in [0.25, 0.3) is 0 Å². The summed E-state index contributed by atoms with van der Waals surface area (Å²) in [5.74, 6) is 1.04. The Labute approximate surface area is 218 Å². The normalized spacial score (nSPS) is 15.7. The number of nitrogens with one attached hydrogen (secondary N) is 1. The summed E-state index contributed by atoms with van der Waals surface area (Å²) in [6, 6.07) is 16.5. The molecule has 1 unspecified atom stereocenters. The Bertz CT molecular complexity index is 1160. The van der Waals surface area contributed by atoms with E-state index < -0.39 is 0 Å². The average molecular weight is 500 g/mol. The number of nitriles is 1. The Morgan fingerprint density at radius 1 is 0.946 bits per heavy atom. The molecule has 1 N–H and O–H groups in total. The topological polar surface area (TPSA) is 100 Å².